The van der Waals surface area contributed by atoms with Crippen molar-refractivity contribution >= 4 is 17.2 Å². The third kappa shape index (κ3) is 11.6. The molecule has 0 bridgehead atoms. The minimum absolute atomic E-state index is 0.0236. The molecule has 0 saturated carbocycles. The Morgan fingerprint density at radius 3 is 2.29 bits per heavy atom. The van der Waals surface area contributed by atoms with Crippen LogP contribution in [0.5, 0.6) is 5.75 Å². The van der Waals surface area contributed by atoms with Crippen molar-refractivity contribution in [1.29, 1.82) is 0 Å². The predicted molar refractivity (Wildman–Crippen MR) is 145 cm³/mol. The maximum Gasteiger partial charge on any atom is 0.144 e. The Morgan fingerprint density at radius 1 is 1.09 bits per heavy atom. The molecular formula is C28H45NO4S. The molecule has 6 heteroatoms. The molecule has 1 aromatic rings. The Labute approximate surface area is 210 Å². The van der Waals surface area contributed by atoms with Gasteiger partial charge in [0, 0.05) is 13.3 Å². The van der Waals surface area contributed by atoms with E-state index in [-0.39, 0.29) is 17.0 Å². The summed E-state index contributed by atoms with van der Waals surface area (Å²) in [4.78, 5) is 0. The molecule has 0 radical (unpaired) electrons. The zero-order chi connectivity index (χ0) is 25.7. The van der Waals surface area contributed by atoms with Gasteiger partial charge in [-0.25, -0.2) is 4.21 Å². The van der Waals surface area contributed by atoms with E-state index >= 15 is 0 Å². The highest BCUT2D eigenvalue weighted by atomic mass is 32.2. The van der Waals surface area contributed by atoms with Crippen molar-refractivity contribution < 1.29 is 18.4 Å². The minimum Gasteiger partial charge on any atom is -0.497 e. The molecule has 5 nitrogen and oxygen atoms in total. The van der Waals surface area contributed by atoms with Gasteiger partial charge < -0.3 is 14.2 Å². The molecule has 0 spiro atoms. The van der Waals surface area contributed by atoms with E-state index in [0.717, 1.165) is 36.1 Å². The molecule has 0 aliphatic heterocycles. The molecule has 0 amide bonds. The van der Waals surface area contributed by atoms with Gasteiger partial charge in [-0.05, 0) is 95.6 Å². The van der Waals surface area contributed by atoms with Crippen LogP contribution in [0.4, 0.5) is 0 Å². The predicted octanol–water partition coefficient (Wildman–Crippen LogP) is 6.85. The number of nitrogens with zero attached hydrogens (tertiary/aromatic N) is 1. The molecule has 0 N–H and O–H groups in total. The summed E-state index contributed by atoms with van der Waals surface area (Å²) in [6.07, 6.45) is 9.06. The summed E-state index contributed by atoms with van der Waals surface area (Å²) < 4.78 is 32.9. The first-order chi connectivity index (χ1) is 16.0. The Bertz CT molecular complexity index is 837. The summed E-state index contributed by atoms with van der Waals surface area (Å²) in [6, 6.07) is 8.00. The number of hydrogen-bond acceptors (Lipinski definition) is 4. The van der Waals surface area contributed by atoms with Crippen molar-refractivity contribution in [2.45, 2.75) is 91.3 Å². The number of rotatable bonds is 14. The molecule has 0 aliphatic carbocycles. The second kappa shape index (κ2) is 15.3. The van der Waals surface area contributed by atoms with Gasteiger partial charge in [-0.2, -0.15) is 4.40 Å². The topological polar surface area (TPSA) is 57.1 Å². The summed E-state index contributed by atoms with van der Waals surface area (Å²) >= 11 is 0. The fourth-order valence-corrected chi connectivity index (χ4v) is 3.73. The van der Waals surface area contributed by atoms with E-state index in [0.29, 0.717) is 12.5 Å². The van der Waals surface area contributed by atoms with Gasteiger partial charge in [0.25, 0.3) is 0 Å². The molecule has 1 rings (SSSR count). The lowest BCUT2D eigenvalue weighted by Gasteiger charge is -2.21. The molecule has 1 aromatic carbocycles. The molecule has 0 aromatic heterocycles. The Morgan fingerprint density at radius 2 is 1.74 bits per heavy atom. The normalized spacial score (nSPS) is 17.0. The third-order valence-corrected chi connectivity index (χ3v) is 7.23. The average Bonchev–Trinajstić information content (AvgIpc) is 2.80. The van der Waals surface area contributed by atoms with Crippen LogP contribution in [0.2, 0.25) is 0 Å². The molecular weight excluding hydrogens is 446 g/mol. The Kier molecular flexibility index (Phi) is 13.6. The summed E-state index contributed by atoms with van der Waals surface area (Å²) in [5, 5.41) is 0. The fraction of sp³-hybridized carbons (Fsp3) is 0.607. The van der Waals surface area contributed by atoms with Crippen LogP contribution >= 0.6 is 0 Å². The van der Waals surface area contributed by atoms with E-state index < -0.39 is 11.0 Å². The second-order valence-corrected chi connectivity index (χ2v) is 11.8. The summed E-state index contributed by atoms with van der Waals surface area (Å²) in [7, 11) is 2.18. The van der Waals surface area contributed by atoms with Crippen LogP contribution in [0, 0.1) is 5.92 Å². The number of benzene rings is 1. The van der Waals surface area contributed by atoms with Gasteiger partial charge in [-0.1, -0.05) is 31.2 Å². The smallest absolute Gasteiger partial charge is 0.144 e. The van der Waals surface area contributed by atoms with E-state index in [1.807, 2.05) is 52.0 Å². The van der Waals surface area contributed by atoms with E-state index in [1.165, 1.54) is 5.57 Å². The number of ether oxygens (including phenoxy) is 3. The largest absolute Gasteiger partial charge is 0.497 e. The van der Waals surface area contributed by atoms with Crippen LogP contribution in [-0.2, 0) is 27.1 Å². The Hall–Kier alpha value is -1.76. The lowest BCUT2D eigenvalue weighted by molar-refractivity contribution is 0.0163. The molecule has 0 heterocycles. The molecule has 34 heavy (non-hydrogen) atoms. The molecule has 0 saturated heterocycles. The summed E-state index contributed by atoms with van der Waals surface area (Å²) in [6.45, 7) is 14.8. The monoisotopic (exact) mass is 491 g/mol. The number of allylic oxidation sites excluding steroid dienone is 2. The average molecular weight is 492 g/mol. The van der Waals surface area contributed by atoms with Crippen molar-refractivity contribution in [3.05, 3.63) is 53.1 Å². The lowest BCUT2D eigenvalue weighted by atomic mass is 9.98. The highest BCUT2D eigenvalue weighted by Gasteiger charge is 2.18. The summed E-state index contributed by atoms with van der Waals surface area (Å²) in [5.41, 5.74) is 3.36. The second-order valence-electron chi connectivity index (χ2n) is 9.87. The first kappa shape index (κ1) is 30.3. The lowest BCUT2D eigenvalue weighted by Crippen LogP contribution is -2.19. The van der Waals surface area contributed by atoms with Gasteiger partial charge in [0.2, 0.25) is 0 Å². The number of methoxy groups -OCH3 is 2. The van der Waals surface area contributed by atoms with Crippen molar-refractivity contribution in [2.24, 2.45) is 10.3 Å². The number of hydrogen-bond donors (Lipinski definition) is 0. The van der Waals surface area contributed by atoms with Crippen LogP contribution in [-0.4, -0.2) is 41.6 Å². The van der Waals surface area contributed by atoms with E-state index in [9.17, 15) is 4.21 Å². The summed E-state index contributed by atoms with van der Waals surface area (Å²) in [5.74, 6) is 1.31. The first-order valence-corrected chi connectivity index (χ1v) is 13.1. The van der Waals surface area contributed by atoms with Crippen LogP contribution in [0.3, 0.4) is 0 Å². The minimum atomic E-state index is -1.24. The van der Waals surface area contributed by atoms with Gasteiger partial charge in [0.15, 0.2) is 0 Å². The van der Waals surface area contributed by atoms with Gasteiger partial charge in [-0.3, -0.25) is 0 Å². The third-order valence-electron chi connectivity index (χ3n) is 5.88. The maximum atomic E-state index is 12.1. The van der Waals surface area contributed by atoms with E-state index in [4.69, 9.17) is 14.2 Å². The standard InChI is InChI=1S/C28H45NO4S/c1-21(19-29-34(30)28(5,6)7)13-18-27(32-9)23(3)12-10-11-22(2)24(4)33-20-25-14-16-26(31-8)17-15-25/h12-17,19,22,24,27H,10-11,18,20H2,1-9H3/b21-13+,23-12+,29-19+/t22-,24+,27-,34-/m0/s1. The molecule has 0 unspecified atom stereocenters. The first-order valence-electron chi connectivity index (χ1n) is 12.0. The van der Waals surface area contributed by atoms with Crippen molar-refractivity contribution in [2.75, 3.05) is 14.2 Å². The van der Waals surface area contributed by atoms with Crippen molar-refractivity contribution in [3.63, 3.8) is 0 Å². The highest BCUT2D eigenvalue weighted by molar-refractivity contribution is 7.85. The van der Waals surface area contributed by atoms with Gasteiger partial charge in [-0.15, -0.1) is 0 Å². The van der Waals surface area contributed by atoms with E-state index in [2.05, 4.69) is 37.3 Å². The molecule has 0 fully saturated rings. The van der Waals surface area contributed by atoms with Crippen LogP contribution in [0.15, 0.2) is 52.0 Å². The van der Waals surface area contributed by atoms with Crippen LogP contribution < -0.4 is 4.74 Å². The SMILES string of the molecule is COc1ccc(CO[C@H](C)[C@@H](C)CC/C=C(\C)[C@H](C/C=C(C)/C=N/[S@@](=O)C(C)(C)C)OC)cc1. The van der Waals surface area contributed by atoms with E-state index in [1.54, 1.807) is 20.4 Å². The van der Waals surface area contributed by atoms with Gasteiger partial charge in [0.05, 0.1) is 30.7 Å². The van der Waals surface area contributed by atoms with Gasteiger partial charge in [0.1, 0.15) is 16.7 Å². The zero-order valence-corrected chi connectivity index (χ0v) is 23.4. The Balaban J connectivity index is 2.50. The van der Waals surface area contributed by atoms with Crippen LogP contribution in [0.25, 0.3) is 0 Å². The van der Waals surface area contributed by atoms with Crippen molar-refractivity contribution in [3.8, 4) is 5.75 Å². The van der Waals surface area contributed by atoms with Crippen molar-refractivity contribution in [1.82, 2.24) is 0 Å². The fourth-order valence-electron chi connectivity index (χ4n) is 3.16. The maximum absolute atomic E-state index is 12.1. The molecule has 0 aliphatic rings. The zero-order valence-electron chi connectivity index (χ0n) is 22.6. The molecule has 4 atom stereocenters. The molecule has 192 valence electrons. The highest BCUT2D eigenvalue weighted by Crippen LogP contribution is 2.20. The quantitative estimate of drug-likeness (QED) is 0.211. The van der Waals surface area contributed by atoms with Crippen LogP contribution in [0.1, 0.15) is 73.3 Å². The van der Waals surface area contributed by atoms with Gasteiger partial charge >= 0.3 is 0 Å².